The second-order valence-corrected chi connectivity index (χ2v) is 4.87. The number of nitro benzene ring substituents is 1. The molecule has 1 N–H and O–H groups in total. The zero-order valence-electron chi connectivity index (χ0n) is 12.0. The monoisotopic (exact) mass is 351 g/mol. The van der Waals surface area contributed by atoms with E-state index in [1.54, 1.807) is 0 Å². The van der Waals surface area contributed by atoms with Crippen LogP contribution in [0.4, 0.5) is 11.4 Å². The molecule has 1 amide bonds. The van der Waals surface area contributed by atoms with E-state index in [9.17, 15) is 24.9 Å². The van der Waals surface area contributed by atoms with E-state index in [-0.39, 0.29) is 22.1 Å². The number of nitrogens with one attached hydrogen (secondary N) is 1. The molecule has 0 unspecified atom stereocenters. The molecule has 0 radical (unpaired) electrons. The molecular formula is C14H10ClN3O6. The van der Waals surface area contributed by atoms with Gasteiger partial charge in [0.1, 0.15) is 5.02 Å². The van der Waals surface area contributed by atoms with Gasteiger partial charge in [-0.2, -0.15) is 4.73 Å². The van der Waals surface area contributed by atoms with E-state index in [4.69, 9.17) is 16.3 Å². The first-order valence-corrected chi connectivity index (χ1v) is 6.85. The number of benzene rings is 1. The summed E-state index contributed by atoms with van der Waals surface area (Å²) in [7, 11) is 0. The van der Waals surface area contributed by atoms with Crippen molar-refractivity contribution in [2.75, 3.05) is 11.9 Å². The molecule has 24 heavy (non-hydrogen) atoms. The van der Waals surface area contributed by atoms with Gasteiger partial charge in [-0.1, -0.05) is 11.6 Å². The first kappa shape index (κ1) is 17.2. The van der Waals surface area contributed by atoms with Crippen molar-refractivity contribution in [1.82, 2.24) is 0 Å². The lowest BCUT2D eigenvalue weighted by Gasteiger charge is -2.07. The smallest absolute Gasteiger partial charge is 0.405 e. The Kier molecular flexibility index (Phi) is 5.27. The predicted octanol–water partition coefficient (Wildman–Crippen LogP) is 1.68. The van der Waals surface area contributed by atoms with E-state index in [1.807, 2.05) is 0 Å². The van der Waals surface area contributed by atoms with Crippen LogP contribution in [0.1, 0.15) is 10.5 Å². The number of rotatable bonds is 5. The number of nitrogens with zero attached hydrogens (tertiary/aromatic N) is 2. The Bertz CT molecular complexity index is 811. The van der Waals surface area contributed by atoms with E-state index < -0.39 is 23.4 Å². The van der Waals surface area contributed by atoms with Crippen molar-refractivity contribution in [2.24, 2.45) is 0 Å². The maximum Gasteiger partial charge on any atom is 0.405 e. The SMILES string of the molecule is O=C(COC(=O)c1cccc[n+]1[O-])Nc1ccc(Cl)c([N+](=O)[O-])c1. The number of carbonyl (C=O) groups is 2. The third-order valence-corrected chi connectivity index (χ3v) is 3.11. The van der Waals surface area contributed by atoms with Crippen molar-refractivity contribution in [1.29, 1.82) is 0 Å². The Hall–Kier alpha value is -3.20. The standard InChI is InChI=1S/C14H10ClN3O6/c15-10-5-4-9(7-12(10)18(22)23)16-13(19)8-24-14(20)11-3-1-2-6-17(11)21/h1-7H,8H2,(H,16,19). The van der Waals surface area contributed by atoms with Crippen molar-refractivity contribution in [3.8, 4) is 0 Å². The summed E-state index contributed by atoms with van der Waals surface area (Å²) in [5.41, 5.74) is -0.527. The van der Waals surface area contributed by atoms with Crippen LogP contribution in [0.2, 0.25) is 5.02 Å². The van der Waals surface area contributed by atoms with Gasteiger partial charge in [0.15, 0.2) is 12.8 Å². The average Bonchev–Trinajstić information content (AvgIpc) is 2.54. The second kappa shape index (κ2) is 7.38. The third kappa shape index (κ3) is 4.17. The first-order valence-electron chi connectivity index (χ1n) is 6.47. The number of esters is 1. The van der Waals surface area contributed by atoms with Crippen LogP contribution in [0.3, 0.4) is 0 Å². The molecule has 0 saturated carbocycles. The van der Waals surface area contributed by atoms with Gasteiger partial charge in [-0.15, -0.1) is 0 Å². The van der Waals surface area contributed by atoms with Crippen LogP contribution in [-0.2, 0) is 9.53 Å². The van der Waals surface area contributed by atoms with Gasteiger partial charge < -0.3 is 15.3 Å². The van der Waals surface area contributed by atoms with E-state index >= 15 is 0 Å². The molecule has 10 heteroatoms. The van der Waals surface area contributed by atoms with Gasteiger partial charge in [-0.3, -0.25) is 14.9 Å². The van der Waals surface area contributed by atoms with Crippen LogP contribution in [-0.4, -0.2) is 23.4 Å². The highest BCUT2D eigenvalue weighted by atomic mass is 35.5. The number of ether oxygens (including phenoxy) is 1. The molecule has 0 aliphatic carbocycles. The Morgan fingerprint density at radius 1 is 1.29 bits per heavy atom. The fourth-order valence-corrected chi connectivity index (χ4v) is 1.91. The highest BCUT2D eigenvalue weighted by molar-refractivity contribution is 6.32. The molecule has 0 saturated heterocycles. The molecule has 1 heterocycles. The van der Waals surface area contributed by atoms with Crippen molar-refractivity contribution < 1.29 is 24.0 Å². The van der Waals surface area contributed by atoms with Crippen LogP contribution in [0.15, 0.2) is 42.6 Å². The zero-order chi connectivity index (χ0) is 17.7. The van der Waals surface area contributed by atoms with E-state index in [0.29, 0.717) is 4.73 Å². The van der Waals surface area contributed by atoms with Crippen LogP contribution in [0, 0.1) is 15.3 Å². The van der Waals surface area contributed by atoms with E-state index in [0.717, 1.165) is 12.3 Å². The van der Waals surface area contributed by atoms with E-state index in [2.05, 4.69) is 5.32 Å². The normalized spacial score (nSPS) is 10.0. The summed E-state index contributed by atoms with van der Waals surface area (Å²) < 4.78 is 5.02. The number of amides is 1. The van der Waals surface area contributed by atoms with Gasteiger partial charge in [0.25, 0.3) is 11.6 Å². The Labute approximate surface area is 140 Å². The lowest BCUT2D eigenvalue weighted by molar-refractivity contribution is -0.608. The highest BCUT2D eigenvalue weighted by Gasteiger charge is 2.19. The van der Waals surface area contributed by atoms with Gasteiger partial charge in [-0.25, -0.2) is 4.79 Å². The van der Waals surface area contributed by atoms with Crippen LogP contribution < -0.4 is 10.0 Å². The first-order chi connectivity index (χ1) is 11.4. The predicted molar refractivity (Wildman–Crippen MR) is 82.4 cm³/mol. The van der Waals surface area contributed by atoms with Gasteiger partial charge in [-0.05, 0) is 18.2 Å². The molecule has 0 atom stereocenters. The number of carbonyl (C=O) groups excluding carboxylic acids is 2. The van der Waals surface area contributed by atoms with Gasteiger partial charge in [0.05, 0.1) is 4.92 Å². The molecule has 0 bridgehead atoms. The molecule has 2 aromatic rings. The number of halogens is 1. The van der Waals surface area contributed by atoms with Crippen LogP contribution in [0.5, 0.6) is 0 Å². The topological polar surface area (TPSA) is 125 Å². The third-order valence-electron chi connectivity index (χ3n) is 2.79. The van der Waals surface area contributed by atoms with Gasteiger partial charge in [0.2, 0.25) is 0 Å². The summed E-state index contributed by atoms with van der Waals surface area (Å²) in [6.45, 7) is -0.663. The number of nitro groups is 1. The number of hydrogen-bond donors (Lipinski definition) is 1. The summed E-state index contributed by atoms with van der Waals surface area (Å²) in [5.74, 6) is -1.70. The van der Waals surface area contributed by atoms with Crippen molar-refractivity contribution in [3.05, 3.63) is 68.6 Å². The lowest BCUT2D eigenvalue weighted by atomic mass is 10.3. The minimum Gasteiger partial charge on any atom is -0.618 e. The van der Waals surface area contributed by atoms with Crippen molar-refractivity contribution in [2.45, 2.75) is 0 Å². The quantitative estimate of drug-likeness (QED) is 0.287. The summed E-state index contributed by atoms with van der Waals surface area (Å²) >= 11 is 5.66. The fourth-order valence-electron chi connectivity index (χ4n) is 1.72. The molecular weight excluding hydrogens is 342 g/mol. The lowest BCUT2D eigenvalue weighted by Crippen LogP contribution is -2.35. The average molecular weight is 352 g/mol. The molecule has 1 aromatic carbocycles. The summed E-state index contributed by atoms with van der Waals surface area (Å²) in [6.07, 6.45) is 1.11. The molecule has 0 spiro atoms. The molecule has 124 valence electrons. The largest absolute Gasteiger partial charge is 0.618 e. The number of anilines is 1. The number of aromatic nitrogens is 1. The van der Waals surface area contributed by atoms with Gasteiger partial charge >= 0.3 is 11.7 Å². The number of pyridine rings is 1. The maximum atomic E-state index is 11.7. The van der Waals surface area contributed by atoms with Crippen LogP contribution in [0.25, 0.3) is 0 Å². The number of hydrogen-bond acceptors (Lipinski definition) is 6. The highest BCUT2D eigenvalue weighted by Crippen LogP contribution is 2.27. The molecule has 9 nitrogen and oxygen atoms in total. The minimum atomic E-state index is -0.970. The van der Waals surface area contributed by atoms with E-state index in [1.165, 1.54) is 30.3 Å². The molecule has 2 rings (SSSR count). The summed E-state index contributed by atoms with van der Waals surface area (Å²) in [5, 5.41) is 24.4. The molecule has 0 aliphatic rings. The minimum absolute atomic E-state index is 0.0755. The zero-order valence-corrected chi connectivity index (χ0v) is 12.7. The second-order valence-electron chi connectivity index (χ2n) is 4.46. The van der Waals surface area contributed by atoms with Gasteiger partial charge in [0, 0.05) is 23.9 Å². The molecule has 0 fully saturated rings. The Morgan fingerprint density at radius 2 is 2.04 bits per heavy atom. The van der Waals surface area contributed by atoms with Crippen molar-refractivity contribution in [3.63, 3.8) is 0 Å². The van der Waals surface area contributed by atoms with Crippen LogP contribution >= 0.6 is 11.6 Å². The Balaban J connectivity index is 1.97. The Morgan fingerprint density at radius 3 is 2.71 bits per heavy atom. The fraction of sp³-hybridized carbons (Fsp3) is 0.0714. The summed E-state index contributed by atoms with van der Waals surface area (Å²) in [4.78, 5) is 33.5. The molecule has 1 aromatic heterocycles. The summed E-state index contributed by atoms with van der Waals surface area (Å²) in [6, 6.07) is 7.84. The molecule has 0 aliphatic heterocycles. The maximum absolute atomic E-state index is 11.7. The van der Waals surface area contributed by atoms with Crippen molar-refractivity contribution >= 4 is 34.9 Å².